The Morgan fingerprint density at radius 3 is 2.43 bits per heavy atom. The zero-order valence-corrected chi connectivity index (χ0v) is 9.63. The second-order valence-corrected chi connectivity index (χ2v) is 5.10. The number of rotatable bonds is 2. The van der Waals surface area contributed by atoms with Crippen LogP contribution in [0.5, 0.6) is 0 Å². The number of piperidine rings is 1. The third-order valence-corrected chi connectivity index (χ3v) is 3.86. The summed E-state index contributed by atoms with van der Waals surface area (Å²) in [6.07, 6.45) is 2.26. The minimum absolute atomic E-state index is 0.00660. The Morgan fingerprint density at radius 2 is 2.07 bits per heavy atom. The molecule has 0 spiro atoms. The molecule has 1 unspecified atom stereocenters. The van der Waals surface area contributed by atoms with Crippen molar-refractivity contribution in [3.8, 4) is 0 Å². The van der Waals surface area contributed by atoms with E-state index < -0.39 is 11.4 Å². The monoisotopic (exact) mass is 199 g/mol. The highest BCUT2D eigenvalue weighted by Crippen LogP contribution is 2.42. The van der Waals surface area contributed by atoms with Gasteiger partial charge < -0.3 is 10.0 Å². The summed E-state index contributed by atoms with van der Waals surface area (Å²) in [5.74, 6) is -0.624. The number of carboxylic acid groups (broad SMARTS) is 1. The summed E-state index contributed by atoms with van der Waals surface area (Å²) in [4.78, 5) is 13.5. The van der Waals surface area contributed by atoms with Crippen LogP contribution in [0.25, 0.3) is 0 Å². The molecule has 1 aliphatic rings. The molecule has 3 heteroatoms. The molecule has 14 heavy (non-hydrogen) atoms. The van der Waals surface area contributed by atoms with Gasteiger partial charge in [0.15, 0.2) is 0 Å². The molecule has 1 atom stereocenters. The molecular formula is C11H21NO2. The summed E-state index contributed by atoms with van der Waals surface area (Å²) in [6, 6.07) is 0. The van der Waals surface area contributed by atoms with Gasteiger partial charge in [-0.3, -0.25) is 4.79 Å². The van der Waals surface area contributed by atoms with Crippen LogP contribution in [-0.2, 0) is 4.79 Å². The summed E-state index contributed by atoms with van der Waals surface area (Å²) in [5.41, 5.74) is -0.483. The van der Waals surface area contributed by atoms with Crippen molar-refractivity contribution >= 4 is 5.97 Å². The van der Waals surface area contributed by atoms with Crippen LogP contribution in [0.2, 0.25) is 0 Å². The van der Waals surface area contributed by atoms with Gasteiger partial charge in [0, 0.05) is 5.54 Å². The second-order valence-electron chi connectivity index (χ2n) is 5.10. The highest BCUT2D eigenvalue weighted by Gasteiger charge is 2.46. The average Bonchev–Trinajstić information content (AvgIpc) is 2.09. The summed E-state index contributed by atoms with van der Waals surface area (Å²) in [6.45, 7) is 7.11. The first-order valence-corrected chi connectivity index (χ1v) is 5.29. The quantitative estimate of drug-likeness (QED) is 0.739. The maximum Gasteiger partial charge on any atom is 0.309 e. The van der Waals surface area contributed by atoms with E-state index in [2.05, 4.69) is 25.8 Å². The molecule has 1 heterocycles. The summed E-state index contributed by atoms with van der Waals surface area (Å²) >= 11 is 0. The van der Waals surface area contributed by atoms with Crippen molar-refractivity contribution in [3.63, 3.8) is 0 Å². The number of hydrogen-bond acceptors (Lipinski definition) is 2. The summed E-state index contributed by atoms with van der Waals surface area (Å²) in [5, 5.41) is 9.29. The molecule has 0 radical (unpaired) electrons. The molecule has 1 rings (SSSR count). The number of aliphatic carboxylic acids is 1. The smallest absolute Gasteiger partial charge is 0.309 e. The molecule has 0 saturated carbocycles. The number of carboxylic acids is 1. The van der Waals surface area contributed by atoms with Crippen LogP contribution in [0.1, 0.15) is 40.0 Å². The molecule has 3 nitrogen and oxygen atoms in total. The predicted octanol–water partition coefficient (Wildman–Crippen LogP) is 1.97. The molecule has 0 aromatic carbocycles. The van der Waals surface area contributed by atoms with Crippen LogP contribution in [0.3, 0.4) is 0 Å². The van der Waals surface area contributed by atoms with Gasteiger partial charge in [0.05, 0.1) is 5.41 Å². The van der Waals surface area contributed by atoms with Crippen LogP contribution >= 0.6 is 0 Å². The van der Waals surface area contributed by atoms with Gasteiger partial charge in [0.1, 0.15) is 0 Å². The fourth-order valence-electron chi connectivity index (χ4n) is 2.37. The van der Waals surface area contributed by atoms with Crippen LogP contribution in [0, 0.1) is 5.41 Å². The van der Waals surface area contributed by atoms with Crippen molar-refractivity contribution in [1.29, 1.82) is 0 Å². The second kappa shape index (κ2) is 3.54. The van der Waals surface area contributed by atoms with Gasteiger partial charge in [-0.2, -0.15) is 0 Å². The Bertz CT molecular complexity index is 237. The Kier molecular flexibility index (Phi) is 2.91. The number of hydrogen-bond donors (Lipinski definition) is 1. The molecule has 82 valence electrons. The maximum atomic E-state index is 11.3. The van der Waals surface area contributed by atoms with E-state index in [4.69, 9.17) is 0 Å². The summed E-state index contributed by atoms with van der Waals surface area (Å²) < 4.78 is 0. The van der Waals surface area contributed by atoms with E-state index >= 15 is 0 Å². The van der Waals surface area contributed by atoms with E-state index in [0.717, 1.165) is 25.8 Å². The zero-order valence-electron chi connectivity index (χ0n) is 9.63. The molecule has 0 aromatic rings. The van der Waals surface area contributed by atoms with E-state index in [0.29, 0.717) is 0 Å². The zero-order chi connectivity index (χ0) is 11.0. The van der Waals surface area contributed by atoms with Gasteiger partial charge in [0.2, 0.25) is 0 Å². The number of likely N-dealkylation sites (tertiary alicyclic amines) is 1. The van der Waals surface area contributed by atoms with Crippen molar-refractivity contribution in [3.05, 3.63) is 0 Å². The van der Waals surface area contributed by atoms with Gasteiger partial charge in [-0.05, 0) is 46.7 Å². The molecule has 0 aromatic heterocycles. The minimum Gasteiger partial charge on any atom is -0.481 e. The minimum atomic E-state index is -0.624. The molecule has 1 saturated heterocycles. The molecule has 0 aliphatic carbocycles. The van der Waals surface area contributed by atoms with Gasteiger partial charge in [-0.15, -0.1) is 0 Å². The van der Waals surface area contributed by atoms with Crippen molar-refractivity contribution in [2.75, 3.05) is 13.6 Å². The molecule has 1 N–H and O–H groups in total. The van der Waals surface area contributed by atoms with E-state index in [1.807, 2.05) is 6.92 Å². The van der Waals surface area contributed by atoms with Crippen molar-refractivity contribution in [2.45, 2.75) is 45.6 Å². The molecule has 0 bridgehead atoms. The lowest BCUT2D eigenvalue weighted by molar-refractivity contribution is -0.155. The Labute approximate surface area is 86.1 Å². The fraction of sp³-hybridized carbons (Fsp3) is 0.909. The lowest BCUT2D eigenvalue weighted by atomic mass is 9.69. The van der Waals surface area contributed by atoms with Crippen molar-refractivity contribution < 1.29 is 9.90 Å². The topological polar surface area (TPSA) is 40.5 Å². The van der Waals surface area contributed by atoms with Crippen LogP contribution in [0.4, 0.5) is 0 Å². The van der Waals surface area contributed by atoms with Crippen molar-refractivity contribution in [1.82, 2.24) is 4.90 Å². The lowest BCUT2D eigenvalue weighted by Crippen LogP contribution is -2.53. The number of nitrogens with zero attached hydrogens (tertiary/aromatic N) is 1. The fourth-order valence-corrected chi connectivity index (χ4v) is 2.37. The van der Waals surface area contributed by atoms with Gasteiger partial charge >= 0.3 is 5.97 Å². The SMILES string of the molecule is CCC1(C(=O)O)CCN(C)C(C)(C)C1. The van der Waals surface area contributed by atoms with E-state index in [9.17, 15) is 9.90 Å². The molecule has 1 fully saturated rings. The Morgan fingerprint density at radius 1 is 1.50 bits per heavy atom. The van der Waals surface area contributed by atoms with Gasteiger partial charge in [-0.1, -0.05) is 6.92 Å². The first-order valence-electron chi connectivity index (χ1n) is 5.29. The predicted molar refractivity (Wildman–Crippen MR) is 56.3 cm³/mol. The average molecular weight is 199 g/mol. The molecule has 0 amide bonds. The van der Waals surface area contributed by atoms with Crippen LogP contribution < -0.4 is 0 Å². The summed E-state index contributed by atoms with van der Waals surface area (Å²) in [7, 11) is 2.07. The standard InChI is InChI=1S/C11H21NO2/c1-5-11(9(13)14)6-7-12(4)10(2,3)8-11/h5-8H2,1-4H3,(H,13,14). The Hall–Kier alpha value is -0.570. The Balaban J connectivity index is 2.89. The van der Waals surface area contributed by atoms with E-state index in [1.54, 1.807) is 0 Å². The third kappa shape index (κ3) is 1.78. The van der Waals surface area contributed by atoms with Gasteiger partial charge in [-0.25, -0.2) is 0 Å². The first kappa shape index (κ1) is 11.5. The van der Waals surface area contributed by atoms with Crippen molar-refractivity contribution in [2.24, 2.45) is 5.41 Å². The third-order valence-electron chi connectivity index (χ3n) is 3.86. The highest BCUT2D eigenvalue weighted by atomic mass is 16.4. The normalized spacial score (nSPS) is 32.9. The lowest BCUT2D eigenvalue weighted by Gasteiger charge is -2.48. The van der Waals surface area contributed by atoms with E-state index in [-0.39, 0.29) is 5.54 Å². The molecule has 1 aliphatic heterocycles. The largest absolute Gasteiger partial charge is 0.481 e. The first-order chi connectivity index (χ1) is 6.34. The maximum absolute atomic E-state index is 11.3. The van der Waals surface area contributed by atoms with Crippen LogP contribution in [0.15, 0.2) is 0 Å². The molecular weight excluding hydrogens is 178 g/mol. The number of carbonyl (C=O) groups is 1. The van der Waals surface area contributed by atoms with E-state index in [1.165, 1.54) is 0 Å². The van der Waals surface area contributed by atoms with Crippen LogP contribution in [-0.4, -0.2) is 35.1 Å². The highest BCUT2D eigenvalue weighted by molar-refractivity contribution is 5.75. The van der Waals surface area contributed by atoms with Gasteiger partial charge in [0.25, 0.3) is 0 Å².